The second-order valence-corrected chi connectivity index (χ2v) is 9.62. The number of ether oxygens (including phenoxy) is 1. The summed E-state index contributed by atoms with van der Waals surface area (Å²) in [5.41, 5.74) is 8.52. The predicted octanol–water partition coefficient (Wildman–Crippen LogP) is 4.63. The van der Waals surface area contributed by atoms with Gasteiger partial charge in [-0.2, -0.15) is 13.2 Å². The number of halogens is 3. The Hall–Kier alpha value is -3.24. The molecule has 1 saturated carbocycles. The van der Waals surface area contributed by atoms with Crippen molar-refractivity contribution in [3.05, 3.63) is 64.5 Å². The van der Waals surface area contributed by atoms with Gasteiger partial charge in [-0.15, -0.1) is 0 Å². The fourth-order valence-electron chi connectivity index (χ4n) is 4.99. The van der Waals surface area contributed by atoms with Crippen molar-refractivity contribution in [2.24, 2.45) is 5.92 Å². The topological polar surface area (TPSA) is 102 Å². The molecule has 1 atom stereocenters. The Bertz CT molecular complexity index is 1290. The summed E-state index contributed by atoms with van der Waals surface area (Å²) in [5.74, 6) is 0.469. The Kier molecular flexibility index (Phi) is 6.34. The molecular weight excluding hydrogens is 473 g/mol. The van der Waals surface area contributed by atoms with Crippen molar-refractivity contribution in [1.29, 1.82) is 0 Å². The number of anilines is 1. The molecule has 0 radical (unpaired) electrons. The van der Waals surface area contributed by atoms with Crippen LogP contribution in [-0.4, -0.2) is 38.5 Å². The van der Waals surface area contributed by atoms with E-state index in [9.17, 15) is 23.1 Å². The number of aliphatic hydroxyl groups is 1. The normalized spacial score (nSPS) is 21.3. The fourth-order valence-corrected chi connectivity index (χ4v) is 4.99. The van der Waals surface area contributed by atoms with Gasteiger partial charge in [0.1, 0.15) is 5.82 Å². The van der Waals surface area contributed by atoms with Gasteiger partial charge in [0.15, 0.2) is 0 Å². The number of hydrogen-bond acceptors (Lipinski definition) is 6. The van der Waals surface area contributed by atoms with E-state index in [1.165, 1.54) is 6.07 Å². The van der Waals surface area contributed by atoms with Crippen molar-refractivity contribution in [3.63, 3.8) is 0 Å². The van der Waals surface area contributed by atoms with Gasteiger partial charge in [0.25, 0.3) is 5.91 Å². The Morgan fingerprint density at radius 3 is 2.69 bits per heavy atom. The molecular formula is C26H27F3N4O3. The minimum atomic E-state index is -4.48. The molecule has 2 aromatic heterocycles. The molecule has 2 aliphatic rings. The van der Waals surface area contributed by atoms with Crippen LogP contribution < -0.4 is 5.73 Å². The summed E-state index contributed by atoms with van der Waals surface area (Å²) in [5, 5.41) is 10.4. The number of aromatic nitrogens is 2. The lowest BCUT2D eigenvalue weighted by Crippen LogP contribution is -2.36. The van der Waals surface area contributed by atoms with E-state index >= 15 is 0 Å². The van der Waals surface area contributed by atoms with Gasteiger partial charge in [-0.3, -0.25) is 9.78 Å². The second-order valence-electron chi connectivity index (χ2n) is 9.62. The first-order valence-electron chi connectivity index (χ1n) is 11.9. The molecule has 3 heterocycles. The standard InChI is InChI=1S/C26H27F3N4O3/c1-14-23-21(13-36-14)20-10-16(2-5-22(20)32-24(23)30)25(35)33(7-6-15-8-19(34)9-15)12-18-4-3-17(11-31-18)26(27,28)29/h2-5,10-11,14-15,19,34H,6-9,12-13H2,1H3,(H2,30,32)/t14-,15-,19+/m1/s1. The molecule has 1 amide bonds. The van der Waals surface area contributed by atoms with Gasteiger partial charge in [0.05, 0.1) is 42.1 Å². The molecule has 0 bridgehead atoms. The van der Waals surface area contributed by atoms with Crippen LogP contribution in [-0.2, 0) is 24.1 Å². The molecule has 5 rings (SSSR count). The molecule has 10 heteroatoms. The molecule has 1 aliphatic carbocycles. The number of nitrogens with two attached hydrogens (primary N) is 1. The zero-order valence-corrected chi connectivity index (χ0v) is 19.8. The van der Waals surface area contributed by atoms with Crippen LogP contribution in [0.5, 0.6) is 0 Å². The molecule has 36 heavy (non-hydrogen) atoms. The van der Waals surface area contributed by atoms with E-state index in [4.69, 9.17) is 10.5 Å². The Balaban J connectivity index is 1.43. The van der Waals surface area contributed by atoms with Crippen LogP contribution in [0.2, 0.25) is 0 Å². The summed E-state index contributed by atoms with van der Waals surface area (Å²) in [6.45, 7) is 2.75. The smallest absolute Gasteiger partial charge is 0.393 e. The second kappa shape index (κ2) is 9.33. The number of pyridine rings is 2. The summed E-state index contributed by atoms with van der Waals surface area (Å²) >= 11 is 0. The number of rotatable bonds is 6. The molecule has 3 aromatic rings. The third kappa shape index (κ3) is 4.75. The lowest BCUT2D eigenvalue weighted by molar-refractivity contribution is -0.137. The van der Waals surface area contributed by atoms with Crippen LogP contribution in [0.25, 0.3) is 10.9 Å². The van der Waals surface area contributed by atoms with Gasteiger partial charge in [-0.05, 0) is 68.0 Å². The van der Waals surface area contributed by atoms with Crippen molar-refractivity contribution < 1.29 is 27.8 Å². The first-order chi connectivity index (χ1) is 17.1. The molecule has 0 unspecified atom stereocenters. The van der Waals surface area contributed by atoms with Crippen molar-refractivity contribution in [3.8, 4) is 0 Å². The maximum atomic E-state index is 13.6. The van der Waals surface area contributed by atoms with E-state index in [0.29, 0.717) is 60.9 Å². The number of fused-ring (bicyclic) bond motifs is 3. The van der Waals surface area contributed by atoms with Crippen LogP contribution in [0.3, 0.4) is 0 Å². The lowest BCUT2D eigenvalue weighted by Gasteiger charge is -2.33. The molecule has 1 fully saturated rings. The third-order valence-corrected chi connectivity index (χ3v) is 7.11. The van der Waals surface area contributed by atoms with E-state index in [0.717, 1.165) is 28.8 Å². The van der Waals surface area contributed by atoms with Crippen molar-refractivity contribution in [1.82, 2.24) is 14.9 Å². The number of benzene rings is 1. The molecule has 0 spiro atoms. The van der Waals surface area contributed by atoms with E-state index in [1.807, 2.05) is 6.92 Å². The Morgan fingerprint density at radius 2 is 2.03 bits per heavy atom. The summed E-state index contributed by atoms with van der Waals surface area (Å²) < 4.78 is 44.6. The maximum Gasteiger partial charge on any atom is 0.417 e. The third-order valence-electron chi connectivity index (χ3n) is 7.11. The zero-order chi connectivity index (χ0) is 25.6. The highest BCUT2D eigenvalue weighted by Crippen LogP contribution is 2.38. The first-order valence-corrected chi connectivity index (χ1v) is 11.9. The molecule has 1 aliphatic heterocycles. The first kappa shape index (κ1) is 24.5. The van der Waals surface area contributed by atoms with Gasteiger partial charge in [-0.1, -0.05) is 0 Å². The SMILES string of the molecule is C[C@H]1OCc2c1c(N)nc1ccc(C(=O)N(CC[C@H]3C[C@@H](O)C3)Cc3ccc(C(F)(F)F)cn3)cc21. The summed E-state index contributed by atoms with van der Waals surface area (Å²) in [7, 11) is 0. The highest BCUT2D eigenvalue weighted by molar-refractivity contribution is 5.99. The summed E-state index contributed by atoms with van der Waals surface area (Å²) in [6.07, 6.45) is -2.11. The largest absolute Gasteiger partial charge is 0.417 e. The molecule has 190 valence electrons. The molecule has 1 aromatic carbocycles. The lowest BCUT2D eigenvalue weighted by atomic mass is 9.80. The number of amides is 1. The molecule has 7 nitrogen and oxygen atoms in total. The monoisotopic (exact) mass is 500 g/mol. The van der Waals surface area contributed by atoms with E-state index in [1.54, 1.807) is 23.1 Å². The minimum absolute atomic E-state index is 0.0719. The average molecular weight is 501 g/mol. The van der Waals surface area contributed by atoms with Gasteiger partial charge >= 0.3 is 6.18 Å². The highest BCUT2D eigenvalue weighted by Gasteiger charge is 2.32. The average Bonchev–Trinajstić information content (AvgIpc) is 3.22. The van der Waals surface area contributed by atoms with E-state index in [-0.39, 0.29) is 24.7 Å². The number of hydrogen-bond donors (Lipinski definition) is 2. The number of carbonyl (C=O) groups excluding carboxylic acids is 1. The number of alkyl halides is 3. The number of nitrogens with zero attached hydrogens (tertiary/aromatic N) is 3. The van der Waals surface area contributed by atoms with Crippen molar-refractivity contribution >= 4 is 22.6 Å². The van der Waals surface area contributed by atoms with Gasteiger partial charge in [0, 0.05) is 29.3 Å². The number of aliphatic hydroxyl groups excluding tert-OH is 1. The van der Waals surface area contributed by atoms with Crippen LogP contribution in [0, 0.1) is 5.92 Å². The Morgan fingerprint density at radius 1 is 1.25 bits per heavy atom. The minimum Gasteiger partial charge on any atom is -0.393 e. The fraction of sp³-hybridized carbons (Fsp3) is 0.423. The predicted molar refractivity (Wildman–Crippen MR) is 127 cm³/mol. The van der Waals surface area contributed by atoms with Crippen LogP contribution >= 0.6 is 0 Å². The number of carbonyl (C=O) groups is 1. The van der Waals surface area contributed by atoms with Crippen molar-refractivity contribution in [2.45, 2.75) is 57.7 Å². The summed E-state index contributed by atoms with van der Waals surface area (Å²) in [6, 6.07) is 7.49. The Labute approximate surface area is 206 Å². The van der Waals surface area contributed by atoms with Crippen LogP contribution in [0.4, 0.5) is 19.0 Å². The number of nitrogen functional groups attached to an aromatic ring is 1. The van der Waals surface area contributed by atoms with Gasteiger partial charge < -0.3 is 20.5 Å². The quantitative estimate of drug-likeness (QED) is 0.512. The van der Waals surface area contributed by atoms with Crippen LogP contribution in [0.1, 0.15) is 65.0 Å². The molecule has 0 saturated heterocycles. The maximum absolute atomic E-state index is 13.6. The van der Waals surface area contributed by atoms with Crippen LogP contribution in [0.15, 0.2) is 36.5 Å². The highest BCUT2D eigenvalue weighted by atomic mass is 19.4. The van der Waals surface area contributed by atoms with E-state index in [2.05, 4.69) is 9.97 Å². The summed E-state index contributed by atoms with van der Waals surface area (Å²) in [4.78, 5) is 23.7. The van der Waals surface area contributed by atoms with Gasteiger partial charge in [-0.25, -0.2) is 4.98 Å². The molecule has 3 N–H and O–H groups in total. The van der Waals surface area contributed by atoms with Gasteiger partial charge in [0.2, 0.25) is 0 Å². The zero-order valence-electron chi connectivity index (χ0n) is 19.8. The van der Waals surface area contributed by atoms with E-state index < -0.39 is 11.7 Å². The van der Waals surface area contributed by atoms with Crippen molar-refractivity contribution in [2.75, 3.05) is 12.3 Å².